The highest BCUT2D eigenvalue weighted by molar-refractivity contribution is 5.95. The molecule has 0 saturated carbocycles. The summed E-state index contributed by atoms with van der Waals surface area (Å²) in [6.45, 7) is 12.9. The van der Waals surface area contributed by atoms with E-state index in [4.69, 9.17) is 10.00 Å². The van der Waals surface area contributed by atoms with Crippen LogP contribution in [0.25, 0.3) is 5.57 Å². The highest BCUT2D eigenvalue weighted by atomic mass is 16.5. The lowest BCUT2D eigenvalue weighted by molar-refractivity contribution is -0.0288. The number of rotatable bonds is 9. The summed E-state index contributed by atoms with van der Waals surface area (Å²) in [6, 6.07) is 8.39. The molecule has 0 amide bonds. The number of aromatic amines is 1. The van der Waals surface area contributed by atoms with Crippen molar-refractivity contribution < 1.29 is 9.53 Å². The van der Waals surface area contributed by atoms with Gasteiger partial charge in [0.25, 0.3) is 0 Å². The number of aromatic nitrogens is 2. The summed E-state index contributed by atoms with van der Waals surface area (Å²) in [6.07, 6.45) is 9.71. The highest BCUT2D eigenvalue weighted by Crippen LogP contribution is 2.40. The molecule has 1 aromatic heterocycles. The lowest BCUT2D eigenvalue weighted by Crippen LogP contribution is -2.29. The van der Waals surface area contributed by atoms with Crippen molar-refractivity contribution in [3.05, 3.63) is 58.7 Å². The molecule has 0 unspecified atom stereocenters. The van der Waals surface area contributed by atoms with E-state index in [0.29, 0.717) is 17.7 Å². The largest absolute Gasteiger partial charge is 0.370 e. The van der Waals surface area contributed by atoms with Gasteiger partial charge in [0.1, 0.15) is 11.8 Å². The number of ketones is 1. The number of H-pyrrole nitrogens is 1. The zero-order valence-electron chi connectivity index (χ0n) is 21.6. The molecule has 1 N–H and O–H groups in total. The Labute approximate surface area is 209 Å². The fourth-order valence-corrected chi connectivity index (χ4v) is 5.02. The Bertz CT molecular complexity index is 1130. The minimum atomic E-state index is -0.422. The van der Waals surface area contributed by atoms with E-state index < -0.39 is 5.60 Å². The maximum atomic E-state index is 13.0. The van der Waals surface area contributed by atoms with E-state index in [2.05, 4.69) is 66.8 Å². The molecular formula is C29H38N4O2. The number of hydrogen-bond donors (Lipinski definition) is 1. The number of nitrogens with zero attached hydrogens (tertiary/aromatic N) is 3. The van der Waals surface area contributed by atoms with Crippen LogP contribution in [-0.2, 0) is 16.8 Å². The third kappa shape index (κ3) is 6.28. The van der Waals surface area contributed by atoms with Gasteiger partial charge in [-0.1, -0.05) is 32.1 Å². The summed E-state index contributed by atoms with van der Waals surface area (Å²) < 4.78 is 6.38. The first-order chi connectivity index (χ1) is 16.7. The van der Waals surface area contributed by atoms with Crippen molar-refractivity contribution >= 4 is 11.4 Å². The van der Waals surface area contributed by atoms with Gasteiger partial charge in [-0.3, -0.25) is 4.79 Å². The van der Waals surface area contributed by atoms with E-state index in [1.165, 1.54) is 37.7 Å². The van der Waals surface area contributed by atoms with Crippen LogP contribution in [0.5, 0.6) is 0 Å². The van der Waals surface area contributed by atoms with Gasteiger partial charge in [0, 0.05) is 13.0 Å². The second-order valence-electron chi connectivity index (χ2n) is 11.2. The Hall–Kier alpha value is -2.75. The number of nitriles is 1. The molecule has 186 valence electrons. The first-order valence-corrected chi connectivity index (χ1v) is 12.8. The predicted molar refractivity (Wildman–Crippen MR) is 138 cm³/mol. The van der Waals surface area contributed by atoms with Gasteiger partial charge in [0.2, 0.25) is 5.78 Å². The number of carbonyl (C=O) groups excluding carboxylic acids is 1. The Kier molecular flexibility index (Phi) is 7.59. The lowest BCUT2D eigenvalue weighted by atomic mass is 9.76. The molecule has 0 spiro atoms. The molecule has 0 bridgehead atoms. The number of ether oxygens (including phenoxy) is 1. The molecule has 6 heteroatoms. The Morgan fingerprint density at radius 2 is 2.06 bits per heavy atom. The van der Waals surface area contributed by atoms with E-state index in [0.717, 1.165) is 42.5 Å². The molecule has 1 fully saturated rings. The van der Waals surface area contributed by atoms with Crippen molar-refractivity contribution in [3.8, 4) is 6.07 Å². The molecule has 0 radical (unpaired) electrons. The third-order valence-electron chi connectivity index (χ3n) is 7.50. The molecule has 1 aliphatic carbocycles. The van der Waals surface area contributed by atoms with Crippen LogP contribution in [0.2, 0.25) is 0 Å². The molecule has 6 nitrogen and oxygen atoms in total. The molecule has 2 aromatic rings. The summed E-state index contributed by atoms with van der Waals surface area (Å²) in [5.41, 5.74) is 4.74. The van der Waals surface area contributed by atoms with E-state index in [1.54, 1.807) is 0 Å². The maximum absolute atomic E-state index is 13.0. The van der Waals surface area contributed by atoms with Gasteiger partial charge in [-0.05, 0) is 92.8 Å². The smallest absolute Gasteiger partial charge is 0.202 e. The summed E-state index contributed by atoms with van der Waals surface area (Å²) in [7, 11) is 0. The monoisotopic (exact) mass is 474 g/mol. The van der Waals surface area contributed by atoms with Crippen molar-refractivity contribution in [2.45, 2.75) is 71.8 Å². The van der Waals surface area contributed by atoms with E-state index in [-0.39, 0.29) is 18.0 Å². The summed E-state index contributed by atoms with van der Waals surface area (Å²) in [4.78, 5) is 22.4. The number of likely N-dealkylation sites (tertiary alicyclic amines) is 1. The number of allylic oxidation sites excluding steroid dienone is 2. The minimum Gasteiger partial charge on any atom is -0.370 e. The standard InChI is InChI=1S/C29H38N4O2/c1-28(2)11-9-21(10-12-28)25-18-23(29(3,4)35-16-15-33-13-5-6-14-33)8-7-22(25)17-26(34)27-31-20-24(19-30)32-27/h7-9,18,20H,5-6,10-17H2,1-4H3,(H,31,32). The second kappa shape index (κ2) is 10.5. The van der Waals surface area contributed by atoms with Crippen LogP contribution in [0.4, 0.5) is 0 Å². The van der Waals surface area contributed by atoms with Gasteiger partial charge in [-0.2, -0.15) is 5.26 Å². The molecule has 2 aliphatic rings. The molecule has 0 atom stereocenters. The number of Topliss-reactive ketones (excluding diaryl/α,β-unsaturated/α-hetero) is 1. The number of hydrogen-bond acceptors (Lipinski definition) is 5. The Morgan fingerprint density at radius 1 is 1.29 bits per heavy atom. The van der Waals surface area contributed by atoms with Crippen molar-refractivity contribution in [1.82, 2.24) is 14.9 Å². The van der Waals surface area contributed by atoms with Gasteiger partial charge in [0.15, 0.2) is 5.82 Å². The Balaban J connectivity index is 1.57. The second-order valence-corrected chi connectivity index (χ2v) is 11.2. The quantitative estimate of drug-likeness (QED) is 0.475. The molecule has 2 heterocycles. The fraction of sp³-hybridized carbons (Fsp3) is 0.552. The fourth-order valence-electron chi connectivity index (χ4n) is 5.02. The van der Waals surface area contributed by atoms with E-state index in [9.17, 15) is 4.79 Å². The van der Waals surface area contributed by atoms with Gasteiger partial charge in [0.05, 0.1) is 18.4 Å². The molecular weight excluding hydrogens is 436 g/mol. The van der Waals surface area contributed by atoms with Crippen LogP contribution in [-0.4, -0.2) is 46.9 Å². The number of nitrogens with one attached hydrogen (secondary N) is 1. The van der Waals surface area contributed by atoms with Crippen LogP contribution in [0.3, 0.4) is 0 Å². The van der Waals surface area contributed by atoms with Crippen molar-refractivity contribution in [1.29, 1.82) is 5.26 Å². The first-order valence-electron chi connectivity index (χ1n) is 12.8. The maximum Gasteiger partial charge on any atom is 0.202 e. The van der Waals surface area contributed by atoms with Crippen molar-refractivity contribution in [3.63, 3.8) is 0 Å². The average Bonchev–Trinajstić information content (AvgIpc) is 3.51. The molecule has 4 rings (SSSR count). The van der Waals surface area contributed by atoms with Gasteiger partial charge in [-0.25, -0.2) is 4.98 Å². The van der Waals surface area contributed by atoms with Crippen LogP contribution in [0.15, 0.2) is 30.5 Å². The van der Waals surface area contributed by atoms with Crippen LogP contribution < -0.4 is 0 Å². The normalized spacial score (nSPS) is 18.3. The van der Waals surface area contributed by atoms with Crippen LogP contribution in [0.1, 0.15) is 92.8 Å². The average molecular weight is 475 g/mol. The van der Waals surface area contributed by atoms with Crippen molar-refractivity contribution in [2.75, 3.05) is 26.2 Å². The van der Waals surface area contributed by atoms with E-state index >= 15 is 0 Å². The van der Waals surface area contributed by atoms with Gasteiger partial charge >= 0.3 is 0 Å². The van der Waals surface area contributed by atoms with Crippen LogP contribution in [0, 0.1) is 16.7 Å². The van der Waals surface area contributed by atoms with Gasteiger partial charge < -0.3 is 14.6 Å². The molecule has 1 aromatic carbocycles. The number of carbonyl (C=O) groups is 1. The molecule has 35 heavy (non-hydrogen) atoms. The molecule has 1 aliphatic heterocycles. The summed E-state index contributed by atoms with van der Waals surface area (Å²) in [5, 5.41) is 9.05. The third-order valence-corrected chi connectivity index (χ3v) is 7.50. The highest BCUT2D eigenvalue weighted by Gasteiger charge is 2.27. The van der Waals surface area contributed by atoms with Gasteiger partial charge in [-0.15, -0.1) is 0 Å². The molecule has 1 saturated heterocycles. The zero-order valence-corrected chi connectivity index (χ0v) is 21.6. The summed E-state index contributed by atoms with van der Waals surface area (Å²) >= 11 is 0. The topological polar surface area (TPSA) is 82.0 Å². The number of imidazole rings is 1. The minimum absolute atomic E-state index is 0.113. The first kappa shape index (κ1) is 25.3. The van der Waals surface area contributed by atoms with Crippen molar-refractivity contribution in [2.24, 2.45) is 5.41 Å². The lowest BCUT2D eigenvalue weighted by Gasteiger charge is -2.31. The Morgan fingerprint density at radius 3 is 2.71 bits per heavy atom. The SMILES string of the molecule is CC1(C)CC=C(c2cc(C(C)(C)OCCN3CCCC3)ccc2CC(=O)c2ncc(C#N)[nH]2)CC1. The van der Waals surface area contributed by atoms with Crippen LogP contribution >= 0.6 is 0 Å². The zero-order chi connectivity index (χ0) is 25.1. The van der Waals surface area contributed by atoms with E-state index in [1.807, 2.05) is 6.07 Å². The summed E-state index contributed by atoms with van der Waals surface area (Å²) in [5.74, 6) is 0.124. The number of benzene rings is 1. The predicted octanol–water partition coefficient (Wildman–Crippen LogP) is 5.65.